The van der Waals surface area contributed by atoms with Crippen LogP contribution in [0.1, 0.15) is 57.0 Å². The van der Waals surface area contributed by atoms with Crippen LogP contribution < -0.4 is 0 Å². The maximum absolute atomic E-state index is 13.4. The Morgan fingerprint density at radius 3 is 2.77 bits per heavy atom. The number of rotatable bonds is 5. The van der Waals surface area contributed by atoms with Crippen molar-refractivity contribution in [1.82, 2.24) is 9.80 Å². The highest BCUT2D eigenvalue weighted by Crippen LogP contribution is 2.41. The number of amides is 1. The van der Waals surface area contributed by atoms with Gasteiger partial charge in [0.25, 0.3) is 0 Å². The Bertz CT molecular complexity index is 623. The van der Waals surface area contributed by atoms with E-state index in [4.69, 9.17) is 9.15 Å². The molecule has 0 bridgehead atoms. The molecular weight excluding hydrogens is 328 g/mol. The summed E-state index contributed by atoms with van der Waals surface area (Å²) in [5.41, 5.74) is -0.157. The van der Waals surface area contributed by atoms with Crippen LogP contribution in [-0.4, -0.2) is 54.6 Å². The molecule has 3 fully saturated rings. The molecule has 5 nitrogen and oxygen atoms in total. The number of carbonyl (C=O) groups excluding carboxylic acids is 1. The number of likely N-dealkylation sites (tertiary alicyclic amines) is 2. The number of hydrogen-bond acceptors (Lipinski definition) is 4. The first-order chi connectivity index (χ1) is 12.7. The molecule has 4 heterocycles. The van der Waals surface area contributed by atoms with Crippen molar-refractivity contribution in [3.63, 3.8) is 0 Å². The standard InChI is InChI=1S/C21H32N2O3/c1-2-4-18-5-6-19(26-18)15-22-12-10-21(16-22)9-3-11-23(20(21)24)17-7-13-25-14-8-17/h5-6,17H,2-4,7-16H2,1H3. The molecule has 1 amide bonds. The molecule has 1 aromatic heterocycles. The van der Waals surface area contributed by atoms with Crippen LogP contribution in [0.3, 0.4) is 0 Å². The van der Waals surface area contributed by atoms with Crippen molar-refractivity contribution in [2.24, 2.45) is 5.41 Å². The lowest BCUT2D eigenvalue weighted by atomic mass is 9.77. The minimum absolute atomic E-state index is 0.157. The Labute approximate surface area is 156 Å². The first-order valence-electron chi connectivity index (χ1n) is 10.4. The summed E-state index contributed by atoms with van der Waals surface area (Å²) in [7, 11) is 0. The van der Waals surface area contributed by atoms with E-state index in [1.807, 2.05) is 0 Å². The predicted molar refractivity (Wildman–Crippen MR) is 99.8 cm³/mol. The van der Waals surface area contributed by atoms with Crippen LogP contribution in [0.2, 0.25) is 0 Å². The number of ether oxygens (including phenoxy) is 1. The third-order valence-electron chi connectivity index (χ3n) is 6.43. The Hall–Kier alpha value is -1.33. The molecule has 144 valence electrons. The largest absolute Gasteiger partial charge is 0.465 e. The molecule has 26 heavy (non-hydrogen) atoms. The zero-order chi connectivity index (χ0) is 18.0. The van der Waals surface area contributed by atoms with E-state index in [1.54, 1.807) is 0 Å². The second-order valence-corrected chi connectivity index (χ2v) is 8.30. The van der Waals surface area contributed by atoms with Gasteiger partial charge in [0.2, 0.25) is 5.91 Å². The van der Waals surface area contributed by atoms with Gasteiger partial charge >= 0.3 is 0 Å². The number of piperidine rings is 1. The van der Waals surface area contributed by atoms with Gasteiger partial charge in [-0.1, -0.05) is 6.92 Å². The maximum atomic E-state index is 13.4. The van der Waals surface area contributed by atoms with Crippen molar-refractivity contribution in [3.8, 4) is 0 Å². The molecule has 1 spiro atoms. The third-order valence-corrected chi connectivity index (χ3v) is 6.43. The summed E-state index contributed by atoms with van der Waals surface area (Å²) < 4.78 is 11.4. The van der Waals surface area contributed by atoms with Crippen molar-refractivity contribution >= 4 is 5.91 Å². The van der Waals surface area contributed by atoms with Crippen molar-refractivity contribution in [2.45, 2.75) is 64.5 Å². The lowest BCUT2D eigenvalue weighted by Crippen LogP contribution is -2.54. The van der Waals surface area contributed by atoms with Gasteiger partial charge in [-0.25, -0.2) is 0 Å². The Balaban J connectivity index is 1.39. The van der Waals surface area contributed by atoms with E-state index in [0.29, 0.717) is 11.9 Å². The van der Waals surface area contributed by atoms with E-state index in [-0.39, 0.29) is 5.41 Å². The summed E-state index contributed by atoms with van der Waals surface area (Å²) in [5.74, 6) is 2.52. The molecule has 3 aliphatic heterocycles. The molecule has 0 radical (unpaired) electrons. The van der Waals surface area contributed by atoms with Gasteiger partial charge in [-0.2, -0.15) is 0 Å². The van der Waals surface area contributed by atoms with E-state index in [1.165, 1.54) is 0 Å². The van der Waals surface area contributed by atoms with Crippen molar-refractivity contribution in [3.05, 3.63) is 23.7 Å². The van der Waals surface area contributed by atoms with Gasteiger partial charge in [0.15, 0.2) is 0 Å². The SMILES string of the molecule is CCCc1ccc(CN2CCC3(CCCN(C4CCOCC4)C3=O)C2)o1. The third kappa shape index (κ3) is 3.56. The molecule has 1 atom stereocenters. The molecule has 0 saturated carbocycles. The summed E-state index contributed by atoms with van der Waals surface area (Å²) in [6, 6.07) is 4.60. The van der Waals surface area contributed by atoms with Gasteiger partial charge in [0.05, 0.1) is 12.0 Å². The fraction of sp³-hybridized carbons (Fsp3) is 0.762. The van der Waals surface area contributed by atoms with E-state index in [2.05, 4.69) is 28.9 Å². The summed E-state index contributed by atoms with van der Waals surface area (Å²) in [5, 5.41) is 0. The van der Waals surface area contributed by atoms with Gasteiger partial charge < -0.3 is 14.1 Å². The van der Waals surface area contributed by atoms with E-state index in [0.717, 1.165) is 95.9 Å². The van der Waals surface area contributed by atoms with Crippen LogP contribution in [0.15, 0.2) is 16.5 Å². The minimum atomic E-state index is -0.157. The maximum Gasteiger partial charge on any atom is 0.230 e. The molecule has 0 aromatic carbocycles. The molecule has 1 unspecified atom stereocenters. The van der Waals surface area contributed by atoms with Gasteiger partial charge in [0.1, 0.15) is 11.5 Å². The van der Waals surface area contributed by atoms with Gasteiger partial charge in [-0.05, 0) is 57.2 Å². The molecule has 0 aliphatic carbocycles. The Morgan fingerprint density at radius 1 is 1.15 bits per heavy atom. The topological polar surface area (TPSA) is 45.9 Å². The zero-order valence-corrected chi connectivity index (χ0v) is 16.0. The fourth-order valence-corrected chi connectivity index (χ4v) is 5.03. The van der Waals surface area contributed by atoms with E-state index < -0.39 is 0 Å². The second-order valence-electron chi connectivity index (χ2n) is 8.30. The molecule has 1 aromatic rings. The van der Waals surface area contributed by atoms with E-state index in [9.17, 15) is 4.79 Å². The van der Waals surface area contributed by atoms with Crippen molar-refractivity contribution in [1.29, 1.82) is 0 Å². The molecule has 3 aliphatic rings. The van der Waals surface area contributed by atoms with Crippen LogP contribution in [0.4, 0.5) is 0 Å². The molecule has 0 N–H and O–H groups in total. The summed E-state index contributed by atoms with van der Waals surface area (Å²) >= 11 is 0. The summed E-state index contributed by atoms with van der Waals surface area (Å²) in [6.07, 6.45) is 7.28. The van der Waals surface area contributed by atoms with Crippen molar-refractivity contribution in [2.75, 3.05) is 32.8 Å². The van der Waals surface area contributed by atoms with Gasteiger partial charge in [-0.3, -0.25) is 9.69 Å². The van der Waals surface area contributed by atoms with Crippen LogP contribution in [0, 0.1) is 5.41 Å². The van der Waals surface area contributed by atoms with E-state index >= 15 is 0 Å². The normalized spacial score (nSPS) is 28.3. The Kier molecular flexibility index (Phi) is 5.37. The fourth-order valence-electron chi connectivity index (χ4n) is 5.03. The monoisotopic (exact) mass is 360 g/mol. The predicted octanol–water partition coefficient (Wildman–Crippen LogP) is 3.23. The van der Waals surface area contributed by atoms with Crippen LogP contribution in [-0.2, 0) is 22.5 Å². The Morgan fingerprint density at radius 2 is 1.96 bits per heavy atom. The molecule has 3 saturated heterocycles. The lowest BCUT2D eigenvalue weighted by Gasteiger charge is -2.44. The minimum Gasteiger partial charge on any atom is -0.465 e. The average Bonchev–Trinajstić information content (AvgIpc) is 3.27. The molecule has 4 rings (SSSR count). The molecule has 5 heteroatoms. The first kappa shape index (κ1) is 18.1. The average molecular weight is 360 g/mol. The van der Waals surface area contributed by atoms with Crippen LogP contribution in [0.25, 0.3) is 0 Å². The number of hydrogen-bond donors (Lipinski definition) is 0. The van der Waals surface area contributed by atoms with Crippen LogP contribution in [0.5, 0.6) is 0 Å². The number of nitrogens with zero attached hydrogens (tertiary/aromatic N) is 2. The number of aryl methyl sites for hydroxylation is 1. The zero-order valence-electron chi connectivity index (χ0n) is 16.0. The quantitative estimate of drug-likeness (QED) is 0.809. The number of carbonyl (C=O) groups is 1. The highest BCUT2D eigenvalue weighted by Gasteiger charge is 2.49. The highest BCUT2D eigenvalue weighted by molar-refractivity contribution is 5.84. The lowest BCUT2D eigenvalue weighted by molar-refractivity contribution is -0.150. The van der Waals surface area contributed by atoms with Crippen molar-refractivity contribution < 1.29 is 13.9 Å². The second kappa shape index (κ2) is 7.73. The summed E-state index contributed by atoms with van der Waals surface area (Å²) in [4.78, 5) is 18.0. The van der Waals surface area contributed by atoms with Crippen LogP contribution >= 0.6 is 0 Å². The highest BCUT2D eigenvalue weighted by atomic mass is 16.5. The van der Waals surface area contributed by atoms with Gasteiger partial charge in [0, 0.05) is 38.8 Å². The number of furan rings is 1. The molecular formula is C21H32N2O3. The van der Waals surface area contributed by atoms with Gasteiger partial charge in [-0.15, -0.1) is 0 Å². The first-order valence-corrected chi connectivity index (χ1v) is 10.4. The summed E-state index contributed by atoms with van der Waals surface area (Å²) in [6.45, 7) is 7.41. The smallest absolute Gasteiger partial charge is 0.230 e.